The summed E-state index contributed by atoms with van der Waals surface area (Å²) in [5.74, 6) is -0.842. The summed E-state index contributed by atoms with van der Waals surface area (Å²) in [6.45, 7) is 15.7. The Bertz CT molecular complexity index is 932. The molecule has 208 valence electrons. The number of carboxylic acids is 1. The number of hydrogen-bond acceptors (Lipinski definition) is 4. The van der Waals surface area contributed by atoms with E-state index in [1.807, 2.05) is 13.8 Å². The van der Waals surface area contributed by atoms with Crippen LogP contribution in [0.3, 0.4) is 0 Å². The number of halogens is 1. The lowest BCUT2D eigenvalue weighted by atomic mass is 9.85. The van der Waals surface area contributed by atoms with Gasteiger partial charge in [0.05, 0.1) is 6.42 Å². The molecule has 0 fully saturated rings. The van der Waals surface area contributed by atoms with E-state index in [-0.39, 0.29) is 37.1 Å². The molecule has 1 N–H and O–H groups in total. The molecule has 0 aromatic heterocycles. The third kappa shape index (κ3) is 10.4. The number of carboxylic acid groups (broad SMARTS) is 1. The van der Waals surface area contributed by atoms with Crippen molar-refractivity contribution in [3.63, 3.8) is 0 Å². The van der Waals surface area contributed by atoms with Crippen molar-refractivity contribution in [2.45, 2.75) is 80.2 Å². The predicted octanol–water partition coefficient (Wildman–Crippen LogP) is 5.18. The number of aliphatic carboxylic acids is 1. The van der Waals surface area contributed by atoms with Crippen LogP contribution < -0.4 is 4.90 Å². The van der Waals surface area contributed by atoms with Gasteiger partial charge in [0.25, 0.3) is 0 Å². The first kappa shape index (κ1) is 30.7. The van der Waals surface area contributed by atoms with E-state index in [4.69, 9.17) is 0 Å². The summed E-state index contributed by atoms with van der Waals surface area (Å²) in [7, 11) is 0. The first-order valence-corrected chi connectivity index (χ1v) is 13.6. The van der Waals surface area contributed by atoms with Crippen LogP contribution in [0.4, 0.5) is 10.1 Å². The van der Waals surface area contributed by atoms with Gasteiger partial charge in [-0.15, -0.1) is 0 Å². The van der Waals surface area contributed by atoms with Gasteiger partial charge in [-0.2, -0.15) is 0 Å². The molecular formula is C29H46FN3O4. The van der Waals surface area contributed by atoms with Gasteiger partial charge in [-0.1, -0.05) is 41.5 Å². The fourth-order valence-electron chi connectivity index (χ4n) is 5.02. The van der Waals surface area contributed by atoms with Crippen molar-refractivity contribution in [1.29, 1.82) is 0 Å². The number of carbonyl (C=O) groups excluding carboxylic acids is 2. The normalized spacial score (nSPS) is 16.4. The van der Waals surface area contributed by atoms with Gasteiger partial charge in [-0.3, -0.25) is 14.4 Å². The van der Waals surface area contributed by atoms with Gasteiger partial charge in [0.2, 0.25) is 11.8 Å². The van der Waals surface area contributed by atoms with E-state index in [1.165, 1.54) is 12.1 Å². The van der Waals surface area contributed by atoms with Crippen LogP contribution in [0.25, 0.3) is 0 Å². The Morgan fingerprint density at radius 3 is 2.19 bits per heavy atom. The number of amides is 2. The van der Waals surface area contributed by atoms with Crippen LogP contribution >= 0.6 is 0 Å². The zero-order chi connectivity index (χ0) is 27.8. The monoisotopic (exact) mass is 519 g/mol. The maximum absolute atomic E-state index is 14.4. The minimum atomic E-state index is -0.942. The highest BCUT2D eigenvalue weighted by Gasteiger charge is 2.29. The maximum Gasteiger partial charge on any atom is 0.303 e. The highest BCUT2D eigenvalue weighted by Crippen LogP contribution is 2.29. The van der Waals surface area contributed by atoms with Crippen LogP contribution in [0.5, 0.6) is 0 Å². The minimum absolute atomic E-state index is 0.00389. The molecule has 37 heavy (non-hydrogen) atoms. The molecule has 1 aromatic carbocycles. The summed E-state index contributed by atoms with van der Waals surface area (Å²) < 4.78 is 14.4. The summed E-state index contributed by atoms with van der Waals surface area (Å²) in [6, 6.07) is 4.44. The van der Waals surface area contributed by atoms with E-state index >= 15 is 0 Å². The van der Waals surface area contributed by atoms with Crippen LogP contribution in [0.2, 0.25) is 0 Å². The lowest BCUT2D eigenvalue weighted by Gasteiger charge is -2.33. The number of fused-ring (bicyclic) bond motifs is 1. The smallest absolute Gasteiger partial charge is 0.303 e. The molecule has 1 heterocycles. The zero-order valence-corrected chi connectivity index (χ0v) is 23.6. The van der Waals surface area contributed by atoms with Crippen molar-refractivity contribution in [2.24, 2.45) is 17.3 Å². The summed E-state index contributed by atoms with van der Waals surface area (Å²) in [5, 5.41) is 9.28. The highest BCUT2D eigenvalue weighted by atomic mass is 19.1. The lowest BCUT2D eigenvalue weighted by Crippen LogP contribution is -2.40. The standard InChI is InChI=1S/C29H46FN3O4/c1-21(2)15-26(34)33-14-8-12-31(19-22(3)4)11-7-13-32(20-23-16-24(30)9-10-25(23)33)27(35)17-29(5,6)18-28(36)37/h9-10,16,21-22H,7-8,11-15,17-20H2,1-6H3,(H,36,37). The van der Waals surface area contributed by atoms with Crippen molar-refractivity contribution in [3.8, 4) is 0 Å². The van der Waals surface area contributed by atoms with Crippen LogP contribution in [-0.2, 0) is 20.9 Å². The minimum Gasteiger partial charge on any atom is -0.481 e. The van der Waals surface area contributed by atoms with Crippen molar-refractivity contribution in [2.75, 3.05) is 37.6 Å². The van der Waals surface area contributed by atoms with Gasteiger partial charge in [-0.05, 0) is 66.9 Å². The average molecular weight is 520 g/mol. The summed E-state index contributed by atoms with van der Waals surface area (Å²) in [6.07, 6.45) is 1.92. The second kappa shape index (κ2) is 13.9. The molecule has 0 spiro atoms. The van der Waals surface area contributed by atoms with E-state index in [1.54, 1.807) is 29.7 Å². The van der Waals surface area contributed by atoms with Gasteiger partial charge in [-0.25, -0.2) is 4.39 Å². The van der Waals surface area contributed by atoms with Gasteiger partial charge < -0.3 is 19.8 Å². The Hall–Kier alpha value is -2.48. The number of nitrogens with zero attached hydrogens (tertiary/aromatic N) is 3. The van der Waals surface area contributed by atoms with Crippen LogP contribution in [0.1, 0.15) is 79.2 Å². The molecule has 0 bridgehead atoms. The molecule has 0 unspecified atom stereocenters. The molecule has 0 radical (unpaired) electrons. The van der Waals surface area contributed by atoms with E-state index in [2.05, 4.69) is 18.7 Å². The van der Waals surface area contributed by atoms with E-state index < -0.39 is 17.2 Å². The van der Waals surface area contributed by atoms with Crippen molar-refractivity contribution < 1.29 is 23.9 Å². The molecule has 0 saturated heterocycles. The summed E-state index contributed by atoms with van der Waals surface area (Å²) >= 11 is 0. The topological polar surface area (TPSA) is 81.2 Å². The maximum atomic E-state index is 14.4. The zero-order valence-electron chi connectivity index (χ0n) is 23.6. The third-order valence-electron chi connectivity index (χ3n) is 6.57. The molecule has 1 aliphatic heterocycles. The van der Waals surface area contributed by atoms with Crippen LogP contribution in [0, 0.1) is 23.1 Å². The number of anilines is 1. The molecule has 2 rings (SSSR count). The molecule has 1 aromatic rings. The number of hydrogen-bond donors (Lipinski definition) is 1. The molecule has 2 amide bonds. The summed E-state index contributed by atoms with van der Waals surface area (Å²) in [5.41, 5.74) is 0.534. The third-order valence-corrected chi connectivity index (χ3v) is 6.57. The van der Waals surface area contributed by atoms with Gasteiger partial charge in [0.1, 0.15) is 5.82 Å². The molecular weight excluding hydrogens is 473 g/mol. The average Bonchev–Trinajstić information content (AvgIpc) is 2.73. The fraction of sp³-hybridized carbons (Fsp3) is 0.690. The quantitative estimate of drug-likeness (QED) is 0.512. The molecule has 0 atom stereocenters. The molecule has 8 heteroatoms. The molecule has 0 saturated carbocycles. The van der Waals surface area contributed by atoms with Gasteiger partial charge >= 0.3 is 5.97 Å². The second-order valence-corrected chi connectivity index (χ2v) is 12.0. The Balaban J connectivity index is 2.45. The van der Waals surface area contributed by atoms with Crippen LogP contribution in [0.15, 0.2) is 18.2 Å². The Morgan fingerprint density at radius 2 is 1.59 bits per heavy atom. The van der Waals surface area contributed by atoms with Crippen molar-refractivity contribution in [3.05, 3.63) is 29.6 Å². The Kier molecular flexibility index (Phi) is 11.5. The number of rotatable bonds is 8. The predicted molar refractivity (Wildman–Crippen MR) is 145 cm³/mol. The van der Waals surface area contributed by atoms with Gasteiger partial charge in [0.15, 0.2) is 0 Å². The number of carbonyl (C=O) groups is 3. The van der Waals surface area contributed by atoms with Crippen molar-refractivity contribution in [1.82, 2.24) is 9.80 Å². The lowest BCUT2D eigenvalue weighted by molar-refractivity contribution is -0.141. The molecule has 0 aliphatic carbocycles. The van der Waals surface area contributed by atoms with E-state index in [0.717, 1.165) is 32.5 Å². The van der Waals surface area contributed by atoms with E-state index in [0.29, 0.717) is 36.7 Å². The SMILES string of the molecule is CC(C)CC(=O)N1CCCN(CC(C)C)CCCN(C(=O)CC(C)(C)CC(=O)O)Cc2cc(F)ccc21. The van der Waals surface area contributed by atoms with Crippen molar-refractivity contribution >= 4 is 23.5 Å². The van der Waals surface area contributed by atoms with Crippen LogP contribution in [-0.4, -0.2) is 65.4 Å². The fourth-order valence-corrected chi connectivity index (χ4v) is 5.02. The number of benzene rings is 1. The first-order chi connectivity index (χ1) is 17.3. The Morgan fingerprint density at radius 1 is 0.946 bits per heavy atom. The van der Waals surface area contributed by atoms with E-state index in [9.17, 15) is 23.9 Å². The van der Waals surface area contributed by atoms with Gasteiger partial charge in [0, 0.05) is 44.7 Å². The highest BCUT2D eigenvalue weighted by molar-refractivity contribution is 5.94. The molecule has 7 nitrogen and oxygen atoms in total. The molecule has 1 aliphatic rings. The Labute approximate surface area is 222 Å². The first-order valence-electron chi connectivity index (χ1n) is 13.6. The second-order valence-electron chi connectivity index (χ2n) is 12.0. The summed E-state index contributed by atoms with van der Waals surface area (Å²) in [4.78, 5) is 44.0. The largest absolute Gasteiger partial charge is 0.481 e.